The van der Waals surface area contributed by atoms with E-state index >= 15 is 0 Å². The number of hydrogen-bond acceptors (Lipinski definition) is 8. The number of rotatable bonds is 7. The fraction of sp³-hybridized carbons (Fsp3) is 0.688. The molecule has 1 saturated heterocycles. The van der Waals surface area contributed by atoms with Crippen LogP contribution in [0.5, 0.6) is 0 Å². The zero-order chi connectivity index (χ0) is 17.9. The summed E-state index contributed by atoms with van der Waals surface area (Å²) in [6.07, 6.45) is 2.99. The Kier molecular flexibility index (Phi) is 6.00. The summed E-state index contributed by atoms with van der Waals surface area (Å²) in [5.41, 5.74) is 0.424. The predicted molar refractivity (Wildman–Crippen MR) is 83.7 cm³/mol. The summed E-state index contributed by atoms with van der Waals surface area (Å²) in [5.74, 6) is -2.29. The Hall–Kier alpha value is -1.45. The van der Waals surface area contributed by atoms with Crippen molar-refractivity contribution in [1.82, 2.24) is 4.90 Å². The summed E-state index contributed by atoms with van der Waals surface area (Å²) in [5, 5.41) is 0. The molecule has 2 rings (SSSR count). The maximum Gasteiger partial charge on any atom is 0.336 e. The van der Waals surface area contributed by atoms with Crippen molar-refractivity contribution in [2.45, 2.75) is 24.5 Å². The van der Waals surface area contributed by atoms with E-state index in [0.717, 1.165) is 0 Å². The van der Waals surface area contributed by atoms with Gasteiger partial charge in [-0.3, -0.25) is 0 Å². The molecule has 0 aromatic carbocycles. The van der Waals surface area contributed by atoms with Gasteiger partial charge in [0, 0.05) is 48.7 Å². The van der Waals surface area contributed by atoms with Crippen molar-refractivity contribution in [3.05, 3.63) is 23.9 Å². The highest BCUT2D eigenvalue weighted by molar-refractivity contribution is 5.91. The predicted octanol–water partition coefficient (Wildman–Crippen LogP) is 0.494. The smallest absolute Gasteiger partial charge is 0.336 e. The molecular formula is C16H25NO7. The van der Waals surface area contributed by atoms with Crippen molar-refractivity contribution in [3.63, 3.8) is 0 Å². The molecule has 2 aliphatic heterocycles. The van der Waals surface area contributed by atoms with E-state index in [4.69, 9.17) is 28.4 Å². The van der Waals surface area contributed by atoms with Crippen molar-refractivity contribution < 1.29 is 33.2 Å². The summed E-state index contributed by atoms with van der Waals surface area (Å²) in [6, 6.07) is 0. The largest absolute Gasteiger partial charge is 0.452 e. The summed E-state index contributed by atoms with van der Waals surface area (Å²) < 4.78 is 32.9. The van der Waals surface area contributed by atoms with Crippen molar-refractivity contribution >= 4 is 5.97 Å². The molecule has 0 aliphatic carbocycles. The van der Waals surface area contributed by atoms with Crippen LogP contribution in [0.4, 0.5) is 0 Å². The third kappa shape index (κ3) is 3.33. The first-order valence-electron chi connectivity index (χ1n) is 7.52. The van der Waals surface area contributed by atoms with Crippen LogP contribution in [0.3, 0.4) is 0 Å². The Morgan fingerprint density at radius 3 is 2.38 bits per heavy atom. The van der Waals surface area contributed by atoms with E-state index in [1.165, 1.54) is 28.4 Å². The first kappa shape index (κ1) is 18.9. The lowest BCUT2D eigenvalue weighted by molar-refractivity contribution is -0.292. The highest BCUT2D eigenvalue weighted by atomic mass is 16.8. The third-order valence-electron chi connectivity index (χ3n) is 4.04. The highest BCUT2D eigenvalue weighted by Crippen LogP contribution is 2.43. The summed E-state index contributed by atoms with van der Waals surface area (Å²) >= 11 is 0. The standard InChI is InChI=1S/C16H25NO7/c1-17(2)9-10-12(15(20-4)21-5)13(23-14(10)18)16(22-6)8-7-11(19-3)24-16/h7-9,11-13,15H,1-6H3/b10-9-/t11-,12+,13+,16+/m1/s1. The van der Waals surface area contributed by atoms with E-state index in [9.17, 15) is 4.79 Å². The van der Waals surface area contributed by atoms with Crippen LogP contribution in [0.2, 0.25) is 0 Å². The first-order valence-corrected chi connectivity index (χ1v) is 7.52. The molecule has 4 atom stereocenters. The van der Waals surface area contributed by atoms with Crippen molar-refractivity contribution in [2.24, 2.45) is 5.92 Å². The van der Waals surface area contributed by atoms with Crippen LogP contribution in [0.1, 0.15) is 0 Å². The van der Waals surface area contributed by atoms with Gasteiger partial charge in [-0.05, 0) is 12.2 Å². The van der Waals surface area contributed by atoms with Crippen molar-refractivity contribution in [3.8, 4) is 0 Å². The Bertz CT molecular complexity index is 515. The molecule has 0 amide bonds. The molecule has 0 radical (unpaired) electrons. The van der Waals surface area contributed by atoms with Gasteiger partial charge in [-0.25, -0.2) is 4.79 Å². The minimum Gasteiger partial charge on any atom is -0.452 e. The number of ether oxygens (including phenoxy) is 6. The van der Waals surface area contributed by atoms with E-state index in [-0.39, 0.29) is 0 Å². The Labute approximate surface area is 141 Å². The maximum atomic E-state index is 12.4. The van der Waals surface area contributed by atoms with Gasteiger partial charge in [0.2, 0.25) is 5.79 Å². The van der Waals surface area contributed by atoms with Crippen LogP contribution < -0.4 is 0 Å². The second-order valence-electron chi connectivity index (χ2n) is 5.75. The quantitative estimate of drug-likeness (QED) is 0.286. The average molecular weight is 343 g/mol. The molecular weight excluding hydrogens is 318 g/mol. The van der Waals surface area contributed by atoms with E-state index in [0.29, 0.717) is 5.57 Å². The van der Waals surface area contributed by atoms with Gasteiger partial charge in [-0.15, -0.1) is 0 Å². The SMILES string of the molecule is COC(OC)[C@H]1/C(=C/N(C)C)C(=O)O[C@@H]1[C@]1(OC)C=C[C@H](OC)O1. The number of hydrogen-bond donors (Lipinski definition) is 0. The lowest BCUT2D eigenvalue weighted by Gasteiger charge is -2.36. The van der Waals surface area contributed by atoms with Crippen LogP contribution in [-0.2, 0) is 33.2 Å². The molecule has 136 valence electrons. The number of methoxy groups -OCH3 is 4. The zero-order valence-electron chi connectivity index (χ0n) is 14.8. The second-order valence-corrected chi connectivity index (χ2v) is 5.75. The van der Waals surface area contributed by atoms with Crippen LogP contribution in [0.25, 0.3) is 0 Å². The molecule has 2 heterocycles. The van der Waals surface area contributed by atoms with E-state index in [1.54, 1.807) is 23.3 Å². The van der Waals surface area contributed by atoms with Gasteiger partial charge in [0.25, 0.3) is 0 Å². The van der Waals surface area contributed by atoms with Crippen molar-refractivity contribution in [2.75, 3.05) is 42.5 Å². The van der Waals surface area contributed by atoms with Gasteiger partial charge in [0.1, 0.15) is 0 Å². The van der Waals surface area contributed by atoms with Gasteiger partial charge in [-0.2, -0.15) is 0 Å². The average Bonchev–Trinajstić information content (AvgIpc) is 3.12. The molecule has 0 unspecified atom stereocenters. The Balaban J connectivity index is 2.44. The topological polar surface area (TPSA) is 75.7 Å². The highest BCUT2D eigenvalue weighted by Gasteiger charge is 2.58. The molecule has 0 N–H and O–H groups in total. The molecule has 1 fully saturated rings. The minimum absolute atomic E-state index is 0.424. The molecule has 0 aromatic heterocycles. The number of esters is 1. The molecule has 0 bridgehead atoms. The molecule has 2 aliphatic rings. The van der Waals surface area contributed by atoms with Gasteiger partial charge in [0.15, 0.2) is 18.7 Å². The third-order valence-corrected chi connectivity index (χ3v) is 4.04. The molecule has 0 spiro atoms. The van der Waals surface area contributed by atoms with E-state index in [2.05, 4.69) is 0 Å². The first-order chi connectivity index (χ1) is 11.4. The Morgan fingerprint density at radius 2 is 1.92 bits per heavy atom. The summed E-state index contributed by atoms with van der Waals surface area (Å²) in [4.78, 5) is 14.2. The molecule has 0 aromatic rings. The monoisotopic (exact) mass is 343 g/mol. The van der Waals surface area contributed by atoms with E-state index < -0.39 is 36.4 Å². The Morgan fingerprint density at radius 1 is 1.25 bits per heavy atom. The lowest BCUT2D eigenvalue weighted by Crippen LogP contribution is -2.50. The molecule has 24 heavy (non-hydrogen) atoms. The fourth-order valence-electron chi connectivity index (χ4n) is 2.98. The molecule has 0 saturated carbocycles. The summed E-state index contributed by atoms with van der Waals surface area (Å²) in [7, 11) is 9.64. The second kappa shape index (κ2) is 7.62. The van der Waals surface area contributed by atoms with Gasteiger partial charge < -0.3 is 33.3 Å². The number of carbonyl (C=O) groups is 1. The number of cyclic esters (lactones) is 1. The van der Waals surface area contributed by atoms with Gasteiger partial charge >= 0.3 is 5.97 Å². The molecule has 8 nitrogen and oxygen atoms in total. The maximum absolute atomic E-state index is 12.4. The van der Waals surface area contributed by atoms with Crippen LogP contribution in [-0.4, -0.2) is 77.9 Å². The van der Waals surface area contributed by atoms with Crippen molar-refractivity contribution in [1.29, 1.82) is 0 Å². The van der Waals surface area contributed by atoms with Crippen LogP contribution in [0.15, 0.2) is 23.9 Å². The van der Waals surface area contributed by atoms with Crippen LogP contribution in [0, 0.1) is 5.92 Å². The van der Waals surface area contributed by atoms with Gasteiger partial charge in [0.05, 0.1) is 11.5 Å². The van der Waals surface area contributed by atoms with Gasteiger partial charge in [-0.1, -0.05) is 0 Å². The van der Waals surface area contributed by atoms with Crippen LogP contribution >= 0.6 is 0 Å². The number of nitrogens with zero attached hydrogens (tertiary/aromatic N) is 1. The molecule has 8 heteroatoms. The minimum atomic E-state index is -1.28. The summed E-state index contributed by atoms with van der Waals surface area (Å²) in [6.45, 7) is 0. The zero-order valence-corrected chi connectivity index (χ0v) is 14.8. The normalized spacial score (nSPS) is 34.4. The fourth-order valence-corrected chi connectivity index (χ4v) is 2.98. The van der Waals surface area contributed by atoms with E-state index in [1.807, 2.05) is 14.1 Å². The lowest BCUT2D eigenvalue weighted by atomic mass is 9.90. The number of carbonyl (C=O) groups excluding carboxylic acids is 1.